The summed E-state index contributed by atoms with van der Waals surface area (Å²) in [6.45, 7) is 33.4. The zero-order valence-corrected chi connectivity index (χ0v) is 69.7. The van der Waals surface area contributed by atoms with Gasteiger partial charge in [0.2, 0.25) is 0 Å². The Morgan fingerprint density at radius 3 is 0.410 bits per heavy atom. The molecule has 16 aromatic carbocycles. The van der Waals surface area contributed by atoms with Gasteiger partial charge in [-0.05, 0) is 306 Å². The molecule has 0 saturated carbocycles. The first kappa shape index (κ1) is 71.1. The van der Waals surface area contributed by atoms with Gasteiger partial charge in [-0.25, -0.2) is 0 Å². The SMILES string of the molecule is CC1(C)c2ccccc2-c2ccc(-c3cc(-c4ccc5c(c4)C(C)(C)c4ccccc4-5)c(-c4ccc5c(c4)C(C)(C)c4ccccc4-5)cc3-c3ccc4c(c3)C(C)(C)c3ccccc3-4)cc21.CC1(C)c2ccccc2-c2ccc(-c3cc(-c4ccc5c(c4)C(C)(C)c4ccccc4-5)cc(-c4ccc5c(c4)C(C)(C)c4ccccc4-5)c3)cc21. The van der Waals surface area contributed by atoms with E-state index in [4.69, 9.17) is 0 Å². The maximum absolute atomic E-state index is 2.55. The molecule has 0 N–H and O–H groups in total. The van der Waals surface area contributed by atoms with Gasteiger partial charge < -0.3 is 0 Å². The van der Waals surface area contributed by atoms with Gasteiger partial charge >= 0.3 is 0 Å². The van der Waals surface area contributed by atoms with Crippen LogP contribution >= 0.6 is 0 Å². The van der Waals surface area contributed by atoms with E-state index in [-0.39, 0.29) is 37.9 Å². The van der Waals surface area contributed by atoms with Crippen molar-refractivity contribution in [2.45, 2.75) is 135 Å². The molecule has 0 unspecified atom stereocenters. The molecule has 0 spiro atoms. The summed E-state index contributed by atoms with van der Waals surface area (Å²) in [5.41, 5.74) is 55.5. The standard InChI is InChI=1S/C66H54.C51H42/c1-63(2)55-21-13-9-17-43(55)47-29-25-39(33-59(47)63)51-37-53(41-27-31-49-45-19-11-15-23-57(45)65(5,6)61(49)35-41)54(42-28-32-50-46-20-12-16-24-58(46)66(7,8)62(50)36-42)38-52(51)40-26-30-48-44-18-10-14-22-56(44)64(3,4)60(48)34-40;1-49(2)43-16-10-7-13-37(43)40-22-19-31(28-46(40)49)34-25-35(32-20-23-41-38-14-8-11-17-44(38)50(3,4)47(41)29-32)27-36(26-34)33-21-24-42-39-15-9-12-18-45(39)51(5,6)48(42)30-33/h9-38H,1-8H3;7-30H,1-6H3. The van der Waals surface area contributed by atoms with Crippen molar-refractivity contribution in [1.82, 2.24) is 0 Å². The van der Waals surface area contributed by atoms with Crippen molar-refractivity contribution in [3.05, 3.63) is 405 Å². The summed E-state index contributed by atoms with van der Waals surface area (Å²) in [7, 11) is 0. The molecule has 0 bridgehead atoms. The monoisotopic (exact) mass is 1500 g/mol. The lowest BCUT2D eigenvalue weighted by Gasteiger charge is -2.25. The Hall–Kier alpha value is -12.5. The fourth-order valence-corrected chi connectivity index (χ4v) is 22.8. The molecule has 0 heteroatoms. The predicted molar refractivity (Wildman–Crippen MR) is 494 cm³/mol. The molecule has 0 amide bonds. The van der Waals surface area contributed by atoms with Crippen LogP contribution in [-0.4, -0.2) is 0 Å². The average Bonchev–Trinajstić information content (AvgIpc) is 1.64. The zero-order chi connectivity index (χ0) is 79.9. The third-order valence-electron chi connectivity index (χ3n) is 29.4. The number of rotatable bonds is 7. The first-order valence-electron chi connectivity index (χ1n) is 42.3. The normalized spacial score (nSPS) is 16.3. The van der Waals surface area contributed by atoms with Gasteiger partial charge in [0, 0.05) is 37.9 Å². The molecule has 0 heterocycles. The highest BCUT2D eigenvalue weighted by atomic mass is 14.5. The van der Waals surface area contributed by atoms with Crippen molar-refractivity contribution in [2.75, 3.05) is 0 Å². The van der Waals surface area contributed by atoms with E-state index >= 15 is 0 Å². The summed E-state index contributed by atoms with van der Waals surface area (Å²) in [6.07, 6.45) is 0. The lowest BCUT2D eigenvalue weighted by molar-refractivity contribution is 0.660. The van der Waals surface area contributed by atoms with Gasteiger partial charge in [-0.15, -0.1) is 0 Å². The van der Waals surface area contributed by atoms with Gasteiger partial charge in [-0.3, -0.25) is 0 Å². The van der Waals surface area contributed by atoms with E-state index in [0.29, 0.717) is 0 Å². The van der Waals surface area contributed by atoms with Crippen LogP contribution in [0.25, 0.3) is 156 Å². The fourth-order valence-electron chi connectivity index (χ4n) is 22.8. The highest BCUT2D eigenvalue weighted by Gasteiger charge is 2.43. The predicted octanol–water partition coefficient (Wildman–Crippen LogP) is 31.2. The summed E-state index contributed by atoms with van der Waals surface area (Å²) < 4.78 is 0. The van der Waals surface area contributed by atoms with Crippen molar-refractivity contribution in [1.29, 1.82) is 0 Å². The second-order valence-electron chi connectivity index (χ2n) is 38.3. The van der Waals surface area contributed by atoms with E-state index in [0.717, 1.165) is 0 Å². The molecule has 16 aromatic rings. The second-order valence-corrected chi connectivity index (χ2v) is 38.3. The topological polar surface area (TPSA) is 0 Å². The van der Waals surface area contributed by atoms with Gasteiger partial charge in [0.05, 0.1) is 0 Å². The van der Waals surface area contributed by atoms with E-state index in [1.54, 1.807) is 0 Å². The minimum absolute atomic E-state index is 0.0521. The van der Waals surface area contributed by atoms with Crippen LogP contribution < -0.4 is 0 Å². The lowest BCUT2D eigenvalue weighted by Crippen LogP contribution is -2.15. The first-order chi connectivity index (χ1) is 56.3. The Labute approximate surface area is 691 Å². The van der Waals surface area contributed by atoms with Crippen molar-refractivity contribution in [3.8, 4) is 156 Å². The molecule has 0 radical (unpaired) electrons. The van der Waals surface area contributed by atoms with E-state index < -0.39 is 0 Å². The van der Waals surface area contributed by atoms with Crippen LogP contribution in [0.5, 0.6) is 0 Å². The minimum atomic E-state index is -0.121. The van der Waals surface area contributed by atoms with Gasteiger partial charge in [0.15, 0.2) is 0 Å². The van der Waals surface area contributed by atoms with Crippen LogP contribution in [-0.2, 0) is 37.9 Å². The Morgan fingerprint density at radius 1 is 0.103 bits per heavy atom. The third-order valence-corrected chi connectivity index (χ3v) is 29.4. The molecule has 7 aliphatic carbocycles. The summed E-state index contributed by atoms with van der Waals surface area (Å²) in [5.74, 6) is 0. The van der Waals surface area contributed by atoms with Gasteiger partial charge in [-0.1, -0.05) is 352 Å². The molecule has 0 fully saturated rings. The largest absolute Gasteiger partial charge is 0.0619 e. The Morgan fingerprint density at radius 2 is 0.239 bits per heavy atom. The number of hydrogen-bond donors (Lipinski definition) is 0. The van der Waals surface area contributed by atoms with E-state index in [1.807, 2.05) is 0 Å². The number of fused-ring (bicyclic) bond motifs is 21. The Balaban J connectivity index is 0.000000146. The Kier molecular flexibility index (Phi) is 15.1. The minimum Gasteiger partial charge on any atom is -0.0619 e. The van der Waals surface area contributed by atoms with Crippen LogP contribution in [0, 0.1) is 0 Å². The number of benzene rings is 16. The zero-order valence-electron chi connectivity index (χ0n) is 69.7. The molecule has 0 atom stereocenters. The quantitative estimate of drug-likeness (QED) is 0.149. The van der Waals surface area contributed by atoms with Crippen molar-refractivity contribution in [2.24, 2.45) is 0 Å². The molecular weight excluding hydrogens is 1410 g/mol. The van der Waals surface area contributed by atoms with Crippen LogP contribution in [0.3, 0.4) is 0 Å². The molecule has 0 nitrogen and oxygen atoms in total. The van der Waals surface area contributed by atoms with Crippen molar-refractivity contribution < 1.29 is 0 Å². The summed E-state index contributed by atoms with van der Waals surface area (Å²) in [6, 6.07) is 126. The smallest absolute Gasteiger partial charge is 0.0159 e. The van der Waals surface area contributed by atoms with Crippen LogP contribution in [0.15, 0.2) is 328 Å². The van der Waals surface area contributed by atoms with Crippen molar-refractivity contribution in [3.63, 3.8) is 0 Å². The summed E-state index contributed by atoms with van der Waals surface area (Å²) in [5, 5.41) is 0. The van der Waals surface area contributed by atoms with Crippen LogP contribution in [0.2, 0.25) is 0 Å². The maximum Gasteiger partial charge on any atom is 0.0159 e. The van der Waals surface area contributed by atoms with E-state index in [1.165, 1.54) is 234 Å². The maximum atomic E-state index is 2.55. The van der Waals surface area contributed by atoms with E-state index in [2.05, 4.69) is 425 Å². The molecule has 117 heavy (non-hydrogen) atoms. The van der Waals surface area contributed by atoms with Crippen LogP contribution in [0.4, 0.5) is 0 Å². The van der Waals surface area contributed by atoms with Gasteiger partial charge in [0.1, 0.15) is 0 Å². The number of hydrogen-bond acceptors (Lipinski definition) is 0. The molecule has 23 rings (SSSR count). The molecule has 0 aliphatic heterocycles. The fraction of sp³-hybridized carbons (Fsp3) is 0.179. The highest BCUT2D eigenvalue weighted by Crippen LogP contribution is 2.59. The summed E-state index contributed by atoms with van der Waals surface area (Å²) >= 11 is 0. The summed E-state index contributed by atoms with van der Waals surface area (Å²) in [4.78, 5) is 0. The van der Waals surface area contributed by atoms with Crippen molar-refractivity contribution >= 4 is 0 Å². The van der Waals surface area contributed by atoms with Gasteiger partial charge in [-0.2, -0.15) is 0 Å². The molecule has 0 aromatic heterocycles. The molecule has 564 valence electrons. The highest BCUT2D eigenvalue weighted by molar-refractivity contribution is 6.00. The Bertz CT molecular complexity index is 6250. The second kappa shape index (κ2) is 24.8. The van der Waals surface area contributed by atoms with Crippen LogP contribution in [0.1, 0.15) is 175 Å². The molecule has 0 saturated heterocycles. The molecular formula is C117H96. The average molecular weight is 1500 g/mol. The molecule has 7 aliphatic rings. The van der Waals surface area contributed by atoms with E-state index in [9.17, 15) is 0 Å². The first-order valence-corrected chi connectivity index (χ1v) is 42.3. The lowest BCUT2D eigenvalue weighted by atomic mass is 9.78. The van der Waals surface area contributed by atoms with Gasteiger partial charge in [0.25, 0.3) is 0 Å². The third kappa shape index (κ3) is 10.2.